The van der Waals surface area contributed by atoms with Crippen LogP contribution in [0.3, 0.4) is 0 Å². The van der Waals surface area contributed by atoms with Gasteiger partial charge in [-0.2, -0.15) is 0 Å². The van der Waals surface area contributed by atoms with Crippen molar-refractivity contribution in [2.75, 3.05) is 0 Å². The van der Waals surface area contributed by atoms with Crippen LogP contribution in [0.5, 0.6) is 0 Å². The minimum atomic E-state index is -2.94. The fourth-order valence-electron chi connectivity index (χ4n) is 12.4. The van der Waals surface area contributed by atoms with Gasteiger partial charge in [-0.3, -0.25) is 0 Å². The normalized spacial score (nSPS) is 14.1. The van der Waals surface area contributed by atoms with Crippen molar-refractivity contribution in [2.24, 2.45) is 0 Å². The zero-order chi connectivity index (χ0) is 71.5. The molecule has 7 heteroatoms. The van der Waals surface area contributed by atoms with E-state index in [2.05, 4.69) is 405 Å². The third-order valence-electron chi connectivity index (χ3n) is 19.1. The summed E-state index contributed by atoms with van der Waals surface area (Å²) >= 11 is 0. The van der Waals surface area contributed by atoms with Gasteiger partial charge in [-0.1, -0.05) is 327 Å². The average molecular weight is 1350 g/mol. The Kier molecular flexibility index (Phi) is 21.0. The lowest BCUT2D eigenvalue weighted by molar-refractivity contribution is 0.353. The minimum absolute atomic E-state index is 0.123. The van der Waals surface area contributed by atoms with E-state index in [9.17, 15) is 0 Å². The predicted octanol–water partition coefficient (Wildman–Crippen LogP) is 27.4. The molecule has 0 aliphatic heterocycles. The van der Waals surface area contributed by atoms with Crippen LogP contribution in [0, 0.1) is 0 Å². The number of hydrogen-bond donors (Lipinski definition) is 0. The van der Waals surface area contributed by atoms with Crippen LogP contribution in [0.25, 0.3) is 0 Å². The van der Waals surface area contributed by atoms with E-state index in [-0.39, 0.29) is 48.7 Å². The van der Waals surface area contributed by atoms with Gasteiger partial charge in [0.2, 0.25) is 0 Å². The summed E-state index contributed by atoms with van der Waals surface area (Å²) in [6.45, 7) is 62.0. The predicted molar refractivity (Wildman–Crippen MR) is 422 cm³/mol. The van der Waals surface area contributed by atoms with Gasteiger partial charge < -0.3 is 12.3 Å². The molecule has 0 aliphatic rings. The smallest absolute Gasteiger partial charge is 0.323 e. The molecule has 0 N–H and O–H groups in total. The Hall–Kier alpha value is -6.03. The van der Waals surface area contributed by atoms with Gasteiger partial charge in [0.05, 0.1) is 0 Å². The van der Waals surface area contributed by atoms with Crippen LogP contribution in [0.1, 0.15) is 237 Å². The molecule has 0 atom stereocenters. The minimum Gasteiger partial charge on any atom is -0.323 e. The lowest BCUT2D eigenvalue weighted by atomic mass is 9.87. The van der Waals surface area contributed by atoms with Crippen LogP contribution in [0.15, 0.2) is 262 Å². The summed E-state index contributed by atoms with van der Waals surface area (Å²) in [4.78, 5) is 9.28. The van der Waals surface area contributed by atoms with Crippen molar-refractivity contribution in [1.82, 2.24) is 0 Å². The Labute approximate surface area is 594 Å². The van der Waals surface area contributed by atoms with Crippen LogP contribution in [-0.2, 0) is 61.0 Å². The van der Waals surface area contributed by atoms with E-state index in [1.54, 1.807) is 0 Å². The molecule has 516 valence electrons. The molecule has 0 aromatic heterocycles. The van der Waals surface area contributed by atoms with Crippen LogP contribution >= 0.6 is 30.9 Å². The highest BCUT2D eigenvalue weighted by molar-refractivity contribution is 8.32. The lowest BCUT2D eigenvalue weighted by Gasteiger charge is -2.49. The molecule has 0 spiro atoms. The van der Waals surface area contributed by atoms with Crippen molar-refractivity contribution >= 4 is 38.2 Å². The van der Waals surface area contributed by atoms with Gasteiger partial charge in [0.25, 0.3) is 0 Å². The van der Waals surface area contributed by atoms with E-state index in [1.165, 1.54) is 50.1 Å². The molecule has 9 aromatic carbocycles. The zero-order valence-corrected chi connectivity index (χ0v) is 66.8. The first-order chi connectivity index (χ1) is 44.7. The third kappa shape index (κ3) is 16.3. The molecule has 9 rings (SSSR count). The molecule has 0 bridgehead atoms. The highest BCUT2D eigenvalue weighted by Crippen LogP contribution is 2.77. The second-order valence-corrected chi connectivity index (χ2v) is 44.4. The van der Waals surface area contributed by atoms with E-state index in [4.69, 9.17) is 12.3 Å². The maximum atomic E-state index is 8.96. The molecule has 97 heavy (non-hydrogen) atoms. The summed E-state index contributed by atoms with van der Waals surface area (Å²) in [5.41, 5.74) is 10.0. The van der Waals surface area contributed by atoms with Gasteiger partial charge in [-0.15, -0.1) is 0 Å². The molecule has 0 heterocycles. The maximum Gasteiger partial charge on any atom is 0.673 e. The van der Waals surface area contributed by atoms with E-state index < -0.39 is 38.2 Å². The number of hydrogen-bond acceptors (Lipinski definition) is 3. The first-order valence-corrected chi connectivity index (χ1v) is 39.9. The van der Waals surface area contributed by atoms with Crippen molar-refractivity contribution in [3.63, 3.8) is 0 Å². The highest BCUT2D eigenvalue weighted by atomic mass is 32.3. The lowest BCUT2D eigenvalue weighted by Crippen LogP contribution is -2.33. The molecule has 9 aromatic rings. The molecular weight excluding hydrogens is 1240 g/mol. The largest absolute Gasteiger partial charge is 0.673 e. The molecule has 0 radical (unpaired) electrons. The van der Waals surface area contributed by atoms with Gasteiger partial charge in [0.15, 0.2) is 0 Å². The Balaban J connectivity index is 1.53. The molecule has 0 saturated heterocycles. The number of rotatable bonds is 15. The summed E-state index contributed by atoms with van der Waals surface area (Å²) in [6, 6.07) is 83.9. The average Bonchev–Trinajstić information content (AvgIpc) is 0.724. The SMILES string of the molecule is CC(C)(C)c1ccc(S(OB(OS(c2ccc(C(C)(C)C)cc2)(c2ccc(C(C)(C)C)cc2)c2ccc(C(C)(C)C)cc2)OS(c2ccc(C(C)(C)C)cc2)(c2ccc(C(C)(C)C)cc2)c2ccc(C(C)(C)C)cc2)(c2ccc(C(C)(C)C)cc2)c2ccc(C(C)(C)C)cc2)cc1. The molecule has 0 aliphatic carbocycles. The molecule has 0 unspecified atom stereocenters. The van der Waals surface area contributed by atoms with Gasteiger partial charge in [-0.25, -0.2) is 0 Å². The Morgan fingerprint density at radius 1 is 0.155 bits per heavy atom. The highest BCUT2D eigenvalue weighted by Gasteiger charge is 2.51. The summed E-state index contributed by atoms with van der Waals surface area (Å²) < 4.78 is 26.9. The van der Waals surface area contributed by atoms with Gasteiger partial charge in [-0.05, 0) is 208 Å². The van der Waals surface area contributed by atoms with Gasteiger partial charge >= 0.3 is 7.32 Å². The maximum absolute atomic E-state index is 8.96. The van der Waals surface area contributed by atoms with Crippen LogP contribution < -0.4 is 0 Å². The Morgan fingerprint density at radius 2 is 0.237 bits per heavy atom. The van der Waals surface area contributed by atoms with Crippen LogP contribution in [0.4, 0.5) is 0 Å². The van der Waals surface area contributed by atoms with E-state index in [1.807, 2.05) is 0 Å². The van der Waals surface area contributed by atoms with E-state index in [0.717, 1.165) is 44.1 Å². The van der Waals surface area contributed by atoms with E-state index in [0.29, 0.717) is 0 Å². The van der Waals surface area contributed by atoms with Crippen molar-refractivity contribution in [3.05, 3.63) is 268 Å². The summed E-state index contributed by atoms with van der Waals surface area (Å²) in [6.07, 6.45) is 0. The van der Waals surface area contributed by atoms with Gasteiger partial charge in [0.1, 0.15) is 0 Å². The summed E-state index contributed by atoms with van der Waals surface area (Å²) in [7, 11) is -10.2. The Morgan fingerprint density at radius 3 is 0.309 bits per heavy atom. The molecule has 0 fully saturated rings. The first-order valence-electron chi connectivity index (χ1n) is 35.2. The second kappa shape index (κ2) is 27.1. The standard InChI is InChI=1S/C90H117BO3S3/c1-82(2,3)64-28-46-73(47-29-64)95(74-48-30-65(31-49-74)83(4,5)6,75-50-32-66(33-51-75)84(7,8)9)92-91(93-96(76-52-34-67(35-53-76)85(10,11)12,77-54-36-68(37-55-77)86(13,14)15)78-56-38-69(39-57-78)87(16,17)18)94-97(79-58-40-70(41-59-79)88(19,20)21,80-60-42-71(43-61-80)89(22,23)24)81-62-44-72(45-63-81)90(25,26)27/h28-63H,1-27H3. The van der Waals surface area contributed by atoms with Crippen molar-refractivity contribution in [1.29, 1.82) is 0 Å². The molecule has 3 nitrogen and oxygen atoms in total. The third-order valence-corrected chi connectivity index (χ3v) is 28.9. The fourth-order valence-corrected chi connectivity index (χ4v) is 21.7. The summed E-state index contributed by atoms with van der Waals surface area (Å²) in [5.74, 6) is 0. The van der Waals surface area contributed by atoms with Crippen LogP contribution in [-0.4, -0.2) is 7.32 Å². The molecule has 0 saturated carbocycles. The van der Waals surface area contributed by atoms with Gasteiger partial charge in [0, 0.05) is 44.1 Å². The fraction of sp³-hybridized carbons (Fsp3) is 0.400. The van der Waals surface area contributed by atoms with Crippen molar-refractivity contribution in [2.45, 2.75) is 280 Å². The quantitative estimate of drug-likeness (QED) is 0.0958. The second-order valence-electron chi connectivity index (χ2n) is 36.2. The number of benzene rings is 9. The van der Waals surface area contributed by atoms with Crippen molar-refractivity contribution in [3.8, 4) is 0 Å². The summed E-state index contributed by atoms with van der Waals surface area (Å²) in [5, 5.41) is 0. The van der Waals surface area contributed by atoms with Crippen LogP contribution in [0.2, 0.25) is 0 Å². The monoisotopic (exact) mass is 1350 g/mol. The Bertz CT molecular complexity index is 3240. The topological polar surface area (TPSA) is 27.7 Å². The van der Waals surface area contributed by atoms with E-state index >= 15 is 0 Å². The van der Waals surface area contributed by atoms with Crippen molar-refractivity contribution < 1.29 is 12.3 Å². The first kappa shape index (κ1) is 75.2. The molecular formula is C90H117BO3S3. The zero-order valence-electron chi connectivity index (χ0n) is 64.3. The molecule has 0 amide bonds.